The topological polar surface area (TPSA) is 9.23 Å². The van der Waals surface area contributed by atoms with Crippen LogP contribution in [0.5, 0.6) is 0 Å². The van der Waals surface area contributed by atoms with E-state index >= 15 is 0 Å². The van der Waals surface area contributed by atoms with Crippen LogP contribution >= 0.6 is 0 Å². The van der Waals surface area contributed by atoms with Crippen molar-refractivity contribution in [1.29, 1.82) is 0 Å². The van der Waals surface area contributed by atoms with Crippen LogP contribution in [0.2, 0.25) is 58.9 Å². The molecule has 0 aliphatic carbocycles. The number of rotatable bonds is 6. The molecule has 0 aliphatic rings. The SMILES string of the molecule is COC(c1ccccc1)[Si]([Si](C)(C)C)([Si](C)(C)C)[Si](C)(C)C. The maximum atomic E-state index is 6.35. The summed E-state index contributed by atoms with van der Waals surface area (Å²) < 4.78 is 6.35. The predicted molar refractivity (Wildman–Crippen MR) is 112 cm³/mol. The van der Waals surface area contributed by atoms with Gasteiger partial charge in [0, 0.05) is 29.9 Å². The third-order valence-corrected chi connectivity index (χ3v) is 77.9. The number of ether oxygens (including phenoxy) is 1. The van der Waals surface area contributed by atoms with E-state index in [0.29, 0.717) is 5.73 Å². The van der Waals surface area contributed by atoms with Gasteiger partial charge in [0.05, 0.1) is 12.4 Å². The first-order chi connectivity index (χ1) is 9.80. The molecule has 0 aliphatic heterocycles. The van der Waals surface area contributed by atoms with Crippen molar-refractivity contribution >= 4 is 29.4 Å². The quantitative estimate of drug-likeness (QED) is 0.593. The second-order valence-corrected chi connectivity index (χ2v) is 50.3. The van der Waals surface area contributed by atoms with Crippen molar-refractivity contribution in [2.75, 3.05) is 7.11 Å². The van der Waals surface area contributed by atoms with Crippen molar-refractivity contribution in [3.05, 3.63) is 35.9 Å². The summed E-state index contributed by atoms with van der Waals surface area (Å²) in [6.45, 7) is 22.1. The molecule has 0 saturated heterocycles. The number of hydrogen-bond acceptors (Lipinski definition) is 1. The van der Waals surface area contributed by atoms with Crippen molar-refractivity contribution in [3.8, 4) is 0 Å². The molecule has 0 heterocycles. The normalized spacial score (nSPS) is 15.7. The van der Waals surface area contributed by atoms with Crippen molar-refractivity contribution in [3.63, 3.8) is 0 Å². The summed E-state index contributed by atoms with van der Waals surface area (Å²) in [5.74, 6) is 0. The van der Waals surface area contributed by atoms with Crippen LogP contribution in [0.1, 0.15) is 11.3 Å². The Kier molecular flexibility index (Phi) is 5.95. The van der Waals surface area contributed by atoms with Crippen molar-refractivity contribution in [2.45, 2.75) is 64.7 Å². The van der Waals surface area contributed by atoms with Crippen LogP contribution in [0.15, 0.2) is 30.3 Å². The predicted octanol–water partition coefficient (Wildman–Crippen LogP) is 5.61. The molecule has 0 spiro atoms. The minimum absolute atomic E-state index is 0.374. The second kappa shape index (κ2) is 6.51. The van der Waals surface area contributed by atoms with Crippen molar-refractivity contribution < 1.29 is 4.74 Å². The molecule has 5 heteroatoms. The van der Waals surface area contributed by atoms with Gasteiger partial charge in [0.25, 0.3) is 0 Å². The molecule has 0 amide bonds. The lowest BCUT2D eigenvalue weighted by Crippen LogP contribution is -2.85. The second-order valence-electron chi connectivity index (χ2n) is 9.58. The lowest BCUT2D eigenvalue weighted by atomic mass is 10.2. The fourth-order valence-corrected chi connectivity index (χ4v) is 107. The van der Waals surface area contributed by atoms with Gasteiger partial charge < -0.3 is 4.74 Å². The first kappa shape index (κ1) is 20.1. The Morgan fingerprint density at radius 1 is 0.682 bits per heavy atom. The summed E-state index contributed by atoms with van der Waals surface area (Å²) in [5.41, 5.74) is 1.81. The lowest BCUT2D eigenvalue weighted by molar-refractivity contribution is 0.164. The molecule has 1 nitrogen and oxygen atoms in total. The van der Waals surface area contributed by atoms with Gasteiger partial charge in [0.2, 0.25) is 0 Å². The molecular weight excluding hydrogens is 333 g/mol. The largest absolute Gasteiger partial charge is 0.381 e. The molecule has 126 valence electrons. The van der Waals surface area contributed by atoms with Gasteiger partial charge in [-0.2, -0.15) is 0 Å². The molecule has 0 aromatic heterocycles. The maximum absolute atomic E-state index is 6.35. The third-order valence-electron chi connectivity index (χ3n) is 5.28. The summed E-state index contributed by atoms with van der Waals surface area (Å²) in [5, 5.41) is 0. The molecule has 0 N–H and O–H groups in total. The molecule has 1 aromatic rings. The highest BCUT2D eigenvalue weighted by Crippen LogP contribution is 2.46. The molecule has 0 bridgehead atoms. The highest BCUT2D eigenvalue weighted by molar-refractivity contribution is 7.89. The van der Waals surface area contributed by atoms with Crippen LogP contribution in [-0.4, -0.2) is 36.5 Å². The number of benzene rings is 1. The Bertz CT molecular complexity index is 444. The fraction of sp³-hybridized carbons (Fsp3) is 0.647. The van der Waals surface area contributed by atoms with Gasteiger partial charge in [-0.25, -0.2) is 0 Å². The smallest absolute Gasteiger partial charge is 0.0761 e. The summed E-state index contributed by atoms with van der Waals surface area (Å²) >= 11 is 0. The van der Waals surface area contributed by atoms with E-state index in [1.807, 2.05) is 7.11 Å². The van der Waals surface area contributed by atoms with Crippen molar-refractivity contribution in [2.24, 2.45) is 0 Å². The molecule has 0 saturated carbocycles. The summed E-state index contributed by atoms with van der Waals surface area (Å²) in [6.07, 6.45) is 0. The summed E-state index contributed by atoms with van der Waals surface area (Å²) in [4.78, 5) is 0. The lowest BCUT2D eigenvalue weighted by Gasteiger charge is -2.60. The van der Waals surface area contributed by atoms with Crippen LogP contribution in [0, 0.1) is 0 Å². The van der Waals surface area contributed by atoms with E-state index in [4.69, 9.17) is 4.74 Å². The molecule has 1 aromatic carbocycles. The van der Waals surface area contributed by atoms with E-state index in [1.54, 1.807) is 0 Å². The van der Waals surface area contributed by atoms with E-state index in [9.17, 15) is 0 Å². The van der Waals surface area contributed by atoms with E-state index in [1.165, 1.54) is 5.56 Å². The van der Waals surface area contributed by atoms with Crippen LogP contribution in [-0.2, 0) is 4.74 Å². The van der Waals surface area contributed by atoms with Crippen LogP contribution in [0.4, 0.5) is 0 Å². The molecular formula is C17H36OSi4. The van der Waals surface area contributed by atoms with Crippen LogP contribution in [0.3, 0.4) is 0 Å². The number of methoxy groups -OCH3 is 1. The van der Waals surface area contributed by atoms with E-state index < -0.39 is 29.4 Å². The van der Waals surface area contributed by atoms with Crippen molar-refractivity contribution in [1.82, 2.24) is 0 Å². The summed E-state index contributed by atoms with van der Waals surface area (Å²) in [6, 6.07) is 11.1. The van der Waals surface area contributed by atoms with Gasteiger partial charge in [0.15, 0.2) is 0 Å². The minimum Gasteiger partial charge on any atom is -0.381 e. The maximum Gasteiger partial charge on any atom is 0.0761 e. The van der Waals surface area contributed by atoms with Gasteiger partial charge in [-0.3, -0.25) is 0 Å². The van der Waals surface area contributed by atoms with Gasteiger partial charge >= 0.3 is 0 Å². The van der Waals surface area contributed by atoms with Gasteiger partial charge in [0.1, 0.15) is 0 Å². The van der Waals surface area contributed by atoms with Crippen LogP contribution < -0.4 is 0 Å². The highest BCUT2D eigenvalue weighted by Gasteiger charge is 2.66. The van der Waals surface area contributed by atoms with E-state index in [0.717, 1.165) is 0 Å². The molecule has 1 rings (SSSR count). The minimum atomic E-state index is -1.58. The Balaban J connectivity index is 3.76. The van der Waals surface area contributed by atoms with Gasteiger partial charge in [-0.1, -0.05) is 89.3 Å². The molecule has 22 heavy (non-hydrogen) atoms. The monoisotopic (exact) mass is 368 g/mol. The Morgan fingerprint density at radius 2 is 1.05 bits per heavy atom. The zero-order valence-electron chi connectivity index (χ0n) is 16.4. The zero-order valence-corrected chi connectivity index (χ0v) is 20.4. The van der Waals surface area contributed by atoms with Gasteiger partial charge in [-0.15, -0.1) is 0 Å². The first-order valence-corrected chi connectivity index (χ1v) is 24.0. The van der Waals surface area contributed by atoms with Gasteiger partial charge in [-0.05, 0) is 5.56 Å². The molecule has 0 fully saturated rings. The molecule has 1 atom stereocenters. The number of hydrogen-bond donors (Lipinski definition) is 0. The van der Waals surface area contributed by atoms with E-state index in [-0.39, 0.29) is 0 Å². The Labute approximate surface area is 141 Å². The third kappa shape index (κ3) is 3.29. The first-order valence-electron chi connectivity index (χ1n) is 8.38. The highest BCUT2D eigenvalue weighted by atomic mass is 29.9. The average Bonchev–Trinajstić information content (AvgIpc) is 2.31. The summed E-state index contributed by atoms with van der Waals surface area (Å²) in [7, 11) is -2.05. The van der Waals surface area contributed by atoms with Crippen LogP contribution in [0.25, 0.3) is 0 Å². The molecule has 1 unspecified atom stereocenters. The Morgan fingerprint density at radius 3 is 1.32 bits per heavy atom. The Hall–Kier alpha value is 0.0475. The zero-order chi connectivity index (χ0) is 17.4. The standard InChI is InChI=1S/C17H36OSi4/c1-18-17(16-14-12-11-13-15-16)22(19(2,3)4,20(5,6)7)21(8,9)10/h11-15,17H,1-10H3. The fourth-order valence-electron chi connectivity index (χ4n) is 5.75. The average molecular weight is 369 g/mol. The molecule has 0 radical (unpaired) electrons. The van der Waals surface area contributed by atoms with E-state index in [2.05, 4.69) is 89.3 Å².